The van der Waals surface area contributed by atoms with Crippen LogP contribution in [-0.4, -0.2) is 31.1 Å². The molecular formula is C16H26N2O. The van der Waals surface area contributed by atoms with Gasteiger partial charge in [-0.15, -0.1) is 0 Å². The van der Waals surface area contributed by atoms with Gasteiger partial charge in [0.05, 0.1) is 6.61 Å². The van der Waals surface area contributed by atoms with Crippen LogP contribution in [-0.2, 0) is 17.9 Å². The molecule has 0 atom stereocenters. The van der Waals surface area contributed by atoms with Gasteiger partial charge in [-0.2, -0.15) is 0 Å². The second-order valence-electron chi connectivity index (χ2n) is 5.73. The largest absolute Gasteiger partial charge is 0.380 e. The van der Waals surface area contributed by atoms with Crippen LogP contribution in [0.5, 0.6) is 0 Å². The molecule has 1 aliphatic rings. The van der Waals surface area contributed by atoms with Crippen molar-refractivity contribution in [1.82, 2.24) is 4.90 Å². The average Bonchev–Trinajstić information content (AvgIpc) is 2.42. The number of hydrogen-bond donors (Lipinski definition) is 1. The summed E-state index contributed by atoms with van der Waals surface area (Å²) in [6.45, 7) is 1.71. The van der Waals surface area contributed by atoms with Crippen molar-refractivity contribution in [2.45, 2.75) is 50.9 Å². The van der Waals surface area contributed by atoms with Gasteiger partial charge in [0, 0.05) is 25.7 Å². The van der Waals surface area contributed by atoms with Gasteiger partial charge in [-0.05, 0) is 43.9 Å². The van der Waals surface area contributed by atoms with E-state index in [4.69, 9.17) is 10.5 Å². The zero-order valence-corrected chi connectivity index (χ0v) is 12.1. The first-order chi connectivity index (χ1) is 9.19. The third kappa shape index (κ3) is 4.30. The molecule has 106 valence electrons. The minimum absolute atomic E-state index is 0.429. The molecule has 0 unspecified atom stereocenters. The van der Waals surface area contributed by atoms with E-state index in [1.54, 1.807) is 7.11 Å². The molecule has 0 heterocycles. The lowest BCUT2D eigenvalue weighted by atomic mass is 9.91. The van der Waals surface area contributed by atoms with Gasteiger partial charge in [0.15, 0.2) is 0 Å². The van der Waals surface area contributed by atoms with Crippen LogP contribution in [0.25, 0.3) is 0 Å². The number of hydrogen-bond acceptors (Lipinski definition) is 3. The lowest BCUT2D eigenvalue weighted by Crippen LogP contribution is -2.38. The summed E-state index contributed by atoms with van der Waals surface area (Å²) in [6.07, 6.45) is 4.81. The zero-order chi connectivity index (χ0) is 13.7. The Balaban J connectivity index is 1.86. The highest BCUT2D eigenvalue weighted by Crippen LogP contribution is 2.22. The third-order valence-electron chi connectivity index (χ3n) is 4.13. The van der Waals surface area contributed by atoms with Crippen molar-refractivity contribution in [2.75, 3.05) is 14.2 Å². The van der Waals surface area contributed by atoms with E-state index >= 15 is 0 Å². The van der Waals surface area contributed by atoms with E-state index in [1.165, 1.54) is 36.8 Å². The predicted molar refractivity (Wildman–Crippen MR) is 78.9 cm³/mol. The highest BCUT2D eigenvalue weighted by molar-refractivity contribution is 5.22. The predicted octanol–water partition coefficient (Wildman–Crippen LogP) is 2.53. The van der Waals surface area contributed by atoms with Gasteiger partial charge in [0.2, 0.25) is 0 Å². The molecule has 1 aromatic rings. The van der Waals surface area contributed by atoms with Crippen molar-refractivity contribution in [3.63, 3.8) is 0 Å². The molecule has 0 amide bonds. The fourth-order valence-corrected chi connectivity index (χ4v) is 2.87. The maximum Gasteiger partial charge on any atom is 0.0713 e. The second kappa shape index (κ2) is 7.04. The maximum atomic E-state index is 5.96. The quantitative estimate of drug-likeness (QED) is 0.886. The van der Waals surface area contributed by atoms with Crippen molar-refractivity contribution in [2.24, 2.45) is 5.73 Å². The Morgan fingerprint density at radius 3 is 2.26 bits per heavy atom. The SMILES string of the molecule is COCc1ccc(CN(C)C2CCC(N)CC2)cc1. The van der Waals surface area contributed by atoms with E-state index < -0.39 is 0 Å². The molecule has 1 aromatic carbocycles. The van der Waals surface area contributed by atoms with Gasteiger partial charge >= 0.3 is 0 Å². The average molecular weight is 262 g/mol. The van der Waals surface area contributed by atoms with E-state index in [-0.39, 0.29) is 0 Å². The summed E-state index contributed by atoms with van der Waals surface area (Å²) >= 11 is 0. The van der Waals surface area contributed by atoms with Crippen LogP contribution in [0.15, 0.2) is 24.3 Å². The van der Waals surface area contributed by atoms with Crippen LogP contribution in [0.2, 0.25) is 0 Å². The first kappa shape index (κ1) is 14.5. The van der Waals surface area contributed by atoms with Crippen molar-refractivity contribution in [1.29, 1.82) is 0 Å². The first-order valence-electron chi connectivity index (χ1n) is 7.21. The molecule has 0 saturated heterocycles. The molecule has 0 radical (unpaired) electrons. The monoisotopic (exact) mass is 262 g/mol. The van der Waals surface area contributed by atoms with Crippen molar-refractivity contribution < 1.29 is 4.74 Å². The number of rotatable bonds is 5. The van der Waals surface area contributed by atoms with Crippen LogP contribution in [0, 0.1) is 0 Å². The highest BCUT2D eigenvalue weighted by atomic mass is 16.5. The molecule has 0 spiro atoms. The van der Waals surface area contributed by atoms with Crippen molar-refractivity contribution >= 4 is 0 Å². The summed E-state index contributed by atoms with van der Waals surface area (Å²) in [6, 6.07) is 9.85. The molecule has 0 aliphatic heterocycles. The van der Waals surface area contributed by atoms with Crippen molar-refractivity contribution in [3.8, 4) is 0 Å². The van der Waals surface area contributed by atoms with Gasteiger partial charge < -0.3 is 10.5 Å². The molecule has 2 rings (SSSR count). The van der Waals surface area contributed by atoms with Gasteiger partial charge in [0.1, 0.15) is 0 Å². The zero-order valence-electron chi connectivity index (χ0n) is 12.1. The van der Waals surface area contributed by atoms with Gasteiger partial charge in [-0.25, -0.2) is 0 Å². The molecule has 19 heavy (non-hydrogen) atoms. The van der Waals surface area contributed by atoms with Gasteiger partial charge in [-0.3, -0.25) is 4.90 Å². The van der Waals surface area contributed by atoms with E-state index in [0.717, 1.165) is 6.54 Å². The van der Waals surface area contributed by atoms with Gasteiger partial charge in [-0.1, -0.05) is 24.3 Å². The summed E-state index contributed by atoms with van der Waals surface area (Å²) in [5, 5.41) is 0. The van der Waals surface area contributed by atoms with Crippen LogP contribution in [0.4, 0.5) is 0 Å². The summed E-state index contributed by atoms with van der Waals surface area (Å²) in [5.74, 6) is 0. The Morgan fingerprint density at radius 2 is 1.68 bits per heavy atom. The Bertz CT molecular complexity index is 369. The molecule has 3 nitrogen and oxygen atoms in total. The lowest BCUT2D eigenvalue weighted by molar-refractivity contribution is 0.176. The van der Waals surface area contributed by atoms with E-state index in [0.29, 0.717) is 18.7 Å². The fraction of sp³-hybridized carbons (Fsp3) is 0.625. The van der Waals surface area contributed by atoms with Gasteiger partial charge in [0.25, 0.3) is 0 Å². The smallest absolute Gasteiger partial charge is 0.0713 e. The van der Waals surface area contributed by atoms with Crippen LogP contribution < -0.4 is 5.73 Å². The normalized spacial score (nSPS) is 23.8. The third-order valence-corrected chi connectivity index (χ3v) is 4.13. The minimum Gasteiger partial charge on any atom is -0.380 e. The first-order valence-corrected chi connectivity index (χ1v) is 7.21. The standard InChI is InChI=1S/C16H26N2O/c1-18(16-9-7-15(17)8-10-16)11-13-3-5-14(6-4-13)12-19-2/h3-6,15-16H,7-12,17H2,1-2H3. The Hall–Kier alpha value is -0.900. The van der Waals surface area contributed by atoms with Crippen LogP contribution >= 0.6 is 0 Å². The Labute approximate surface area is 116 Å². The Morgan fingerprint density at radius 1 is 1.11 bits per heavy atom. The molecule has 2 N–H and O–H groups in total. The summed E-state index contributed by atoms with van der Waals surface area (Å²) in [4.78, 5) is 2.47. The topological polar surface area (TPSA) is 38.5 Å². The molecule has 0 aromatic heterocycles. The molecular weight excluding hydrogens is 236 g/mol. The lowest BCUT2D eigenvalue weighted by Gasteiger charge is -2.33. The summed E-state index contributed by atoms with van der Waals surface area (Å²) < 4.78 is 5.13. The molecule has 1 aliphatic carbocycles. The van der Waals surface area contributed by atoms with E-state index in [1.807, 2.05) is 0 Å². The van der Waals surface area contributed by atoms with E-state index in [9.17, 15) is 0 Å². The molecule has 0 bridgehead atoms. The molecule has 3 heteroatoms. The number of nitrogens with two attached hydrogens (primary N) is 1. The fourth-order valence-electron chi connectivity index (χ4n) is 2.87. The van der Waals surface area contributed by atoms with Crippen LogP contribution in [0.3, 0.4) is 0 Å². The summed E-state index contributed by atoms with van der Waals surface area (Å²) in [5.41, 5.74) is 8.57. The molecule has 1 fully saturated rings. The van der Waals surface area contributed by atoms with E-state index in [2.05, 4.69) is 36.2 Å². The number of methoxy groups -OCH3 is 1. The number of nitrogens with zero attached hydrogens (tertiary/aromatic N) is 1. The molecule has 1 saturated carbocycles. The minimum atomic E-state index is 0.429. The Kier molecular flexibility index (Phi) is 5.37. The second-order valence-corrected chi connectivity index (χ2v) is 5.73. The van der Waals surface area contributed by atoms with Crippen LogP contribution in [0.1, 0.15) is 36.8 Å². The maximum absolute atomic E-state index is 5.96. The number of ether oxygens (including phenoxy) is 1. The van der Waals surface area contributed by atoms with Crippen molar-refractivity contribution in [3.05, 3.63) is 35.4 Å². The highest BCUT2D eigenvalue weighted by Gasteiger charge is 2.21. The number of benzene rings is 1. The summed E-state index contributed by atoms with van der Waals surface area (Å²) in [7, 11) is 3.96.